The normalized spacial score (nSPS) is 19.8. The van der Waals surface area contributed by atoms with E-state index in [1.54, 1.807) is 7.05 Å². The Balaban J connectivity index is 0.00000338. The summed E-state index contributed by atoms with van der Waals surface area (Å²) in [6.45, 7) is 7.15. The average molecular weight is 479 g/mol. The first-order valence-corrected chi connectivity index (χ1v) is 10.2. The van der Waals surface area contributed by atoms with Crippen LogP contribution >= 0.6 is 24.0 Å². The lowest BCUT2D eigenvalue weighted by molar-refractivity contribution is -0.121. The van der Waals surface area contributed by atoms with Gasteiger partial charge >= 0.3 is 0 Å². The number of halogens is 1. The summed E-state index contributed by atoms with van der Waals surface area (Å²) in [5.41, 5.74) is 0. The second kappa shape index (κ2) is 13.6. The Morgan fingerprint density at radius 1 is 1.08 bits per heavy atom. The lowest BCUT2D eigenvalue weighted by Crippen LogP contribution is -2.49. The lowest BCUT2D eigenvalue weighted by Gasteiger charge is -2.32. The Bertz CT molecular complexity index is 418. The Kier molecular flexibility index (Phi) is 12.3. The molecule has 0 radical (unpaired) electrons. The summed E-state index contributed by atoms with van der Waals surface area (Å²) in [7, 11) is 1.81. The number of nitrogens with one attached hydrogen (secondary N) is 3. The molecule has 0 unspecified atom stereocenters. The smallest absolute Gasteiger partial charge is 0.220 e. The van der Waals surface area contributed by atoms with E-state index in [2.05, 4.69) is 32.8 Å². The van der Waals surface area contributed by atoms with E-state index in [1.165, 1.54) is 64.6 Å². The van der Waals surface area contributed by atoms with Crippen molar-refractivity contribution in [2.75, 3.05) is 39.8 Å². The molecule has 2 aliphatic rings. The Hall–Kier alpha value is -0.570. The molecule has 1 aliphatic heterocycles. The van der Waals surface area contributed by atoms with Crippen LogP contribution in [0.2, 0.25) is 0 Å². The van der Waals surface area contributed by atoms with Crippen LogP contribution in [0.15, 0.2) is 4.99 Å². The van der Waals surface area contributed by atoms with Crippen LogP contribution in [-0.2, 0) is 4.79 Å². The topological polar surface area (TPSA) is 68.8 Å². The maximum Gasteiger partial charge on any atom is 0.220 e. The van der Waals surface area contributed by atoms with Gasteiger partial charge in [-0.05, 0) is 44.6 Å². The van der Waals surface area contributed by atoms with Crippen molar-refractivity contribution < 1.29 is 4.79 Å². The first-order chi connectivity index (χ1) is 12.2. The van der Waals surface area contributed by atoms with Crippen molar-refractivity contribution in [3.63, 3.8) is 0 Å². The number of hydrogen-bond acceptors (Lipinski definition) is 3. The zero-order valence-corrected chi connectivity index (χ0v) is 18.9. The number of carbonyl (C=O) groups excluding carboxylic acids is 1. The van der Waals surface area contributed by atoms with Gasteiger partial charge in [0.1, 0.15) is 0 Å². The molecule has 0 bridgehead atoms. The first-order valence-electron chi connectivity index (χ1n) is 10.2. The molecular formula is C19H38IN5O. The highest BCUT2D eigenvalue weighted by Crippen LogP contribution is 2.27. The van der Waals surface area contributed by atoms with Crippen molar-refractivity contribution in [2.45, 2.75) is 64.3 Å². The zero-order chi connectivity index (χ0) is 17.9. The third-order valence-electron chi connectivity index (χ3n) is 5.38. The number of nitrogens with zero attached hydrogens (tertiary/aromatic N) is 2. The molecule has 0 spiro atoms. The summed E-state index contributed by atoms with van der Waals surface area (Å²) < 4.78 is 0. The van der Waals surface area contributed by atoms with Crippen LogP contribution < -0.4 is 16.0 Å². The fourth-order valence-electron chi connectivity index (χ4n) is 3.94. The van der Waals surface area contributed by atoms with Gasteiger partial charge in [-0.25, -0.2) is 0 Å². The molecule has 7 heteroatoms. The second-order valence-electron chi connectivity index (χ2n) is 7.46. The predicted octanol–water partition coefficient (Wildman–Crippen LogP) is 2.34. The van der Waals surface area contributed by atoms with Crippen molar-refractivity contribution in [1.82, 2.24) is 20.9 Å². The van der Waals surface area contributed by atoms with Gasteiger partial charge in [0.05, 0.1) is 0 Å². The van der Waals surface area contributed by atoms with Crippen LogP contribution in [0, 0.1) is 5.92 Å². The Morgan fingerprint density at radius 2 is 1.73 bits per heavy atom. The van der Waals surface area contributed by atoms with Crippen molar-refractivity contribution >= 4 is 35.8 Å². The van der Waals surface area contributed by atoms with E-state index in [4.69, 9.17) is 0 Å². The molecule has 0 atom stereocenters. The molecule has 1 amide bonds. The molecule has 152 valence electrons. The summed E-state index contributed by atoms with van der Waals surface area (Å²) in [4.78, 5) is 18.8. The molecule has 2 fully saturated rings. The molecule has 0 aromatic heterocycles. The number of hydrogen-bond donors (Lipinski definition) is 3. The zero-order valence-electron chi connectivity index (χ0n) is 16.6. The van der Waals surface area contributed by atoms with E-state index in [0.29, 0.717) is 31.5 Å². The minimum atomic E-state index is 0. The largest absolute Gasteiger partial charge is 0.355 e. The van der Waals surface area contributed by atoms with Crippen LogP contribution in [0.25, 0.3) is 0 Å². The monoisotopic (exact) mass is 479 g/mol. The van der Waals surface area contributed by atoms with Gasteiger partial charge in [0.15, 0.2) is 5.96 Å². The number of aliphatic imine (C=N–C) groups is 1. The highest BCUT2D eigenvalue weighted by molar-refractivity contribution is 14.0. The van der Waals surface area contributed by atoms with Gasteiger partial charge < -0.3 is 20.9 Å². The fourth-order valence-corrected chi connectivity index (χ4v) is 3.94. The van der Waals surface area contributed by atoms with Crippen molar-refractivity contribution in [2.24, 2.45) is 10.9 Å². The summed E-state index contributed by atoms with van der Waals surface area (Å²) in [5, 5.41) is 9.85. The average Bonchev–Trinajstić information content (AvgIpc) is 3.12. The molecular weight excluding hydrogens is 441 g/mol. The van der Waals surface area contributed by atoms with Gasteiger partial charge in [0.25, 0.3) is 0 Å². The van der Waals surface area contributed by atoms with E-state index < -0.39 is 0 Å². The van der Waals surface area contributed by atoms with Crippen LogP contribution in [0.5, 0.6) is 0 Å². The standard InChI is InChI=1S/C19H37N5O.HI/c1-3-12-24-13-8-17(9-14-24)23-19(20-2)22-11-10-21-18(25)15-16-6-4-5-7-16;/h16-17H,3-15H2,1-2H3,(H,21,25)(H2,20,22,23);1H. The molecule has 0 aromatic carbocycles. The Labute approximate surface area is 176 Å². The van der Waals surface area contributed by atoms with Gasteiger partial charge in [0.2, 0.25) is 5.91 Å². The van der Waals surface area contributed by atoms with Crippen molar-refractivity contribution in [3.05, 3.63) is 0 Å². The fraction of sp³-hybridized carbons (Fsp3) is 0.895. The highest BCUT2D eigenvalue weighted by Gasteiger charge is 2.19. The molecule has 26 heavy (non-hydrogen) atoms. The summed E-state index contributed by atoms with van der Waals surface area (Å²) in [6, 6.07) is 0.497. The number of carbonyl (C=O) groups is 1. The molecule has 2 rings (SSSR count). The van der Waals surface area contributed by atoms with Gasteiger partial charge in [0, 0.05) is 45.7 Å². The number of rotatable bonds is 8. The third-order valence-corrected chi connectivity index (χ3v) is 5.38. The van der Waals surface area contributed by atoms with Crippen molar-refractivity contribution in [3.8, 4) is 0 Å². The molecule has 1 heterocycles. The van der Waals surface area contributed by atoms with E-state index in [1.807, 2.05) is 0 Å². The number of piperidine rings is 1. The summed E-state index contributed by atoms with van der Waals surface area (Å²) in [6.07, 6.45) is 9.28. The molecule has 0 aromatic rings. The van der Waals surface area contributed by atoms with Crippen LogP contribution in [0.3, 0.4) is 0 Å². The lowest BCUT2D eigenvalue weighted by atomic mass is 10.0. The molecule has 6 nitrogen and oxygen atoms in total. The SMILES string of the molecule is CCCN1CCC(NC(=NC)NCCNC(=O)CC2CCCC2)CC1.I. The van der Waals surface area contributed by atoms with E-state index >= 15 is 0 Å². The summed E-state index contributed by atoms with van der Waals surface area (Å²) in [5.74, 6) is 1.65. The minimum Gasteiger partial charge on any atom is -0.355 e. The number of guanidine groups is 1. The Morgan fingerprint density at radius 3 is 2.35 bits per heavy atom. The van der Waals surface area contributed by atoms with Crippen LogP contribution in [-0.4, -0.2) is 62.6 Å². The quantitative estimate of drug-likeness (QED) is 0.216. The van der Waals surface area contributed by atoms with Crippen LogP contribution in [0.1, 0.15) is 58.3 Å². The number of amides is 1. The van der Waals surface area contributed by atoms with E-state index in [-0.39, 0.29) is 29.9 Å². The van der Waals surface area contributed by atoms with Gasteiger partial charge in [-0.2, -0.15) is 0 Å². The van der Waals surface area contributed by atoms with Crippen molar-refractivity contribution in [1.29, 1.82) is 0 Å². The molecule has 1 saturated heterocycles. The minimum absolute atomic E-state index is 0. The van der Waals surface area contributed by atoms with Gasteiger partial charge in [-0.15, -0.1) is 24.0 Å². The third kappa shape index (κ3) is 8.88. The van der Waals surface area contributed by atoms with E-state index in [9.17, 15) is 4.79 Å². The summed E-state index contributed by atoms with van der Waals surface area (Å²) >= 11 is 0. The van der Waals surface area contributed by atoms with Gasteiger partial charge in [-0.3, -0.25) is 9.79 Å². The second-order valence-corrected chi connectivity index (χ2v) is 7.46. The maximum atomic E-state index is 11.9. The maximum absolute atomic E-state index is 11.9. The molecule has 1 saturated carbocycles. The first kappa shape index (κ1) is 23.5. The van der Waals surface area contributed by atoms with Gasteiger partial charge in [-0.1, -0.05) is 19.8 Å². The number of likely N-dealkylation sites (tertiary alicyclic amines) is 1. The highest BCUT2D eigenvalue weighted by atomic mass is 127. The molecule has 1 aliphatic carbocycles. The van der Waals surface area contributed by atoms with E-state index in [0.717, 1.165) is 5.96 Å². The predicted molar refractivity (Wildman–Crippen MR) is 119 cm³/mol. The van der Waals surface area contributed by atoms with Crippen LogP contribution in [0.4, 0.5) is 0 Å². The molecule has 3 N–H and O–H groups in total.